The Morgan fingerprint density at radius 2 is 2.39 bits per heavy atom. The van der Waals surface area contributed by atoms with Crippen LogP contribution in [0.4, 0.5) is 0 Å². The van der Waals surface area contributed by atoms with Crippen molar-refractivity contribution >= 4 is 16.9 Å². The second-order valence-electron chi connectivity index (χ2n) is 3.94. The smallest absolute Gasteiger partial charge is 0.251 e. The molecule has 2 rings (SSSR count). The molecule has 18 heavy (non-hydrogen) atoms. The molecule has 0 radical (unpaired) electrons. The predicted octanol–water partition coefficient (Wildman–Crippen LogP) is 1.76. The Labute approximate surface area is 105 Å². The minimum absolute atomic E-state index is 0.0928. The van der Waals surface area contributed by atoms with Gasteiger partial charge in [0.2, 0.25) is 0 Å². The molecular weight excluding hydrogens is 228 g/mol. The van der Waals surface area contributed by atoms with Gasteiger partial charge in [-0.15, -0.1) is 11.7 Å². The summed E-state index contributed by atoms with van der Waals surface area (Å²) < 4.78 is 1.80. The Balaban J connectivity index is 2.19. The number of aromatic nitrogens is 3. The molecule has 0 saturated carbocycles. The maximum Gasteiger partial charge on any atom is 0.251 e. The van der Waals surface area contributed by atoms with Crippen molar-refractivity contribution < 1.29 is 4.79 Å². The zero-order valence-electron chi connectivity index (χ0n) is 10.4. The van der Waals surface area contributed by atoms with Crippen LogP contribution < -0.4 is 5.32 Å². The molecule has 0 saturated heterocycles. The third kappa shape index (κ3) is 2.40. The number of rotatable bonds is 5. The third-order valence-corrected chi connectivity index (χ3v) is 2.71. The molecule has 5 heteroatoms. The van der Waals surface area contributed by atoms with E-state index in [4.69, 9.17) is 0 Å². The van der Waals surface area contributed by atoms with Crippen molar-refractivity contribution in [1.29, 1.82) is 0 Å². The number of fused-ring (bicyclic) bond motifs is 1. The average Bonchev–Trinajstić information content (AvgIpc) is 2.80. The fourth-order valence-corrected chi connectivity index (χ4v) is 1.74. The first-order chi connectivity index (χ1) is 8.76. The van der Waals surface area contributed by atoms with E-state index in [9.17, 15) is 4.79 Å². The van der Waals surface area contributed by atoms with Crippen molar-refractivity contribution in [1.82, 2.24) is 20.3 Å². The highest BCUT2D eigenvalue weighted by atomic mass is 16.1. The monoisotopic (exact) mass is 244 g/mol. The summed E-state index contributed by atoms with van der Waals surface area (Å²) in [5.41, 5.74) is 2.29. The lowest BCUT2D eigenvalue weighted by atomic mass is 10.2. The molecule has 0 aliphatic carbocycles. The van der Waals surface area contributed by atoms with E-state index in [1.807, 2.05) is 13.0 Å². The topological polar surface area (TPSA) is 59.8 Å². The number of hydrogen-bond donors (Lipinski definition) is 1. The number of carbonyl (C=O) groups excluding carboxylic acids is 1. The Morgan fingerprint density at radius 1 is 1.56 bits per heavy atom. The Kier molecular flexibility index (Phi) is 3.72. The first-order valence-electron chi connectivity index (χ1n) is 5.98. The van der Waals surface area contributed by atoms with Crippen LogP contribution in [-0.4, -0.2) is 27.4 Å². The molecule has 0 fully saturated rings. The van der Waals surface area contributed by atoms with Crippen molar-refractivity contribution in [2.24, 2.45) is 0 Å². The summed E-state index contributed by atoms with van der Waals surface area (Å²) in [4.78, 5) is 11.8. The predicted molar refractivity (Wildman–Crippen MR) is 70.3 cm³/mol. The Morgan fingerprint density at radius 3 is 3.11 bits per heavy atom. The van der Waals surface area contributed by atoms with Gasteiger partial charge in [-0.25, -0.2) is 4.68 Å². The summed E-state index contributed by atoms with van der Waals surface area (Å²) >= 11 is 0. The summed E-state index contributed by atoms with van der Waals surface area (Å²) in [5, 5.41) is 10.9. The molecule has 1 amide bonds. The van der Waals surface area contributed by atoms with Crippen LogP contribution in [0.15, 0.2) is 30.9 Å². The van der Waals surface area contributed by atoms with E-state index in [-0.39, 0.29) is 5.91 Å². The van der Waals surface area contributed by atoms with E-state index in [2.05, 4.69) is 22.2 Å². The standard InChI is InChI=1S/C13H16N4O/c1-3-5-8-14-13(18)10-6-7-12-11(9-10)15-16-17(12)4-2/h3,6-7,9H,1,4-5,8H2,2H3,(H,14,18). The van der Waals surface area contributed by atoms with E-state index in [0.717, 1.165) is 24.0 Å². The van der Waals surface area contributed by atoms with E-state index in [1.165, 1.54) is 0 Å². The summed E-state index contributed by atoms with van der Waals surface area (Å²) in [7, 11) is 0. The number of benzene rings is 1. The number of carbonyl (C=O) groups is 1. The number of nitrogens with one attached hydrogen (secondary N) is 1. The van der Waals surface area contributed by atoms with Crippen LogP contribution in [0, 0.1) is 0 Å². The molecule has 0 spiro atoms. The van der Waals surface area contributed by atoms with Crippen molar-refractivity contribution in [2.75, 3.05) is 6.54 Å². The van der Waals surface area contributed by atoms with E-state index < -0.39 is 0 Å². The molecule has 0 bridgehead atoms. The van der Waals surface area contributed by atoms with Crippen LogP contribution >= 0.6 is 0 Å². The molecule has 94 valence electrons. The largest absolute Gasteiger partial charge is 0.352 e. The summed E-state index contributed by atoms with van der Waals surface area (Å²) in [6.45, 7) is 6.98. The zero-order chi connectivity index (χ0) is 13.0. The summed E-state index contributed by atoms with van der Waals surface area (Å²) in [6, 6.07) is 5.43. The highest BCUT2D eigenvalue weighted by Gasteiger charge is 2.08. The molecule has 0 atom stereocenters. The van der Waals surface area contributed by atoms with Gasteiger partial charge >= 0.3 is 0 Å². The maximum atomic E-state index is 11.8. The van der Waals surface area contributed by atoms with Crippen LogP contribution in [0.25, 0.3) is 11.0 Å². The fraction of sp³-hybridized carbons (Fsp3) is 0.308. The maximum absolute atomic E-state index is 11.8. The van der Waals surface area contributed by atoms with Crippen LogP contribution in [0.5, 0.6) is 0 Å². The quantitative estimate of drug-likeness (QED) is 0.644. The van der Waals surface area contributed by atoms with Gasteiger partial charge in [0.05, 0.1) is 5.52 Å². The molecule has 1 heterocycles. The SMILES string of the molecule is C=CCCNC(=O)c1ccc2c(c1)nnn2CC. The Bertz CT molecular complexity index is 573. The minimum atomic E-state index is -0.0928. The lowest BCUT2D eigenvalue weighted by molar-refractivity contribution is 0.0954. The first-order valence-corrected chi connectivity index (χ1v) is 5.98. The third-order valence-electron chi connectivity index (χ3n) is 2.71. The van der Waals surface area contributed by atoms with Crippen molar-refractivity contribution in [3.63, 3.8) is 0 Å². The van der Waals surface area contributed by atoms with Crippen LogP contribution in [0.3, 0.4) is 0 Å². The lowest BCUT2D eigenvalue weighted by Gasteiger charge is -2.03. The molecule has 1 aromatic carbocycles. The van der Waals surface area contributed by atoms with Gasteiger partial charge in [0.1, 0.15) is 5.52 Å². The minimum Gasteiger partial charge on any atom is -0.352 e. The molecule has 0 aliphatic rings. The lowest BCUT2D eigenvalue weighted by Crippen LogP contribution is -2.23. The molecular formula is C13H16N4O. The van der Waals surface area contributed by atoms with Crippen LogP contribution in [-0.2, 0) is 6.54 Å². The fourth-order valence-electron chi connectivity index (χ4n) is 1.74. The second-order valence-corrected chi connectivity index (χ2v) is 3.94. The van der Waals surface area contributed by atoms with Crippen LogP contribution in [0.1, 0.15) is 23.7 Å². The number of amides is 1. The van der Waals surface area contributed by atoms with Crippen LogP contribution in [0.2, 0.25) is 0 Å². The van der Waals surface area contributed by atoms with Gasteiger partial charge in [-0.2, -0.15) is 0 Å². The Hall–Kier alpha value is -2.17. The highest BCUT2D eigenvalue weighted by molar-refractivity contribution is 5.97. The highest BCUT2D eigenvalue weighted by Crippen LogP contribution is 2.13. The van der Waals surface area contributed by atoms with E-state index >= 15 is 0 Å². The molecule has 1 N–H and O–H groups in total. The summed E-state index contributed by atoms with van der Waals surface area (Å²) in [6.07, 6.45) is 2.54. The van der Waals surface area contributed by atoms with Gasteiger partial charge < -0.3 is 5.32 Å². The molecule has 2 aromatic rings. The summed E-state index contributed by atoms with van der Waals surface area (Å²) in [5.74, 6) is -0.0928. The zero-order valence-corrected chi connectivity index (χ0v) is 10.4. The van der Waals surface area contributed by atoms with Crippen molar-refractivity contribution in [2.45, 2.75) is 19.9 Å². The van der Waals surface area contributed by atoms with Crippen molar-refractivity contribution in [3.8, 4) is 0 Å². The van der Waals surface area contributed by atoms with Gasteiger partial charge in [-0.3, -0.25) is 4.79 Å². The van der Waals surface area contributed by atoms with Gasteiger partial charge in [0.15, 0.2) is 0 Å². The number of aryl methyl sites for hydroxylation is 1. The van der Waals surface area contributed by atoms with E-state index in [1.54, 1.807) is 22.9 Å². The van der Waals surface area contributed by atoms with Gasteiger partial charge in [-0.1, -0.05) is 11.3 Å². The number of hydrogen-bond acceptors (Lipinski definition) is 3. The molecule has 5 nitrogen and oxygen atoms in total. The normalized spacial score (nSPS) is 10.5. The van der Waals surface area contributed by atoms with Gasteiger partial charge in [-0.05, 0) is 31.5 Å². The molecule has 0 aliphatic heterocycles. The average molecular weight is 244 g/mol. The molecule has 1 aromatic heterocycles. The van der Waals surface area contributed by atoms with E-state index in [0.29, 0.717) is 12.1 Å². The van der Waals surface area contributed by atoms with Gasteiger partial charge in [0, 0.05) is 18.7 Å². The first kappa shape index (κ1) is 12.3. The molecule has 0 unspecified atom stereocenters. The number of nitrogens with zero attached hydrogens (tertiary/aromatic N) is 3. The second kappa shape index (κ2) is 5.44. The van der Waals surface area contributed by atoms with Gasteiger partial charge in [0.25, 0.3) is 5.91 Å². The van der Waals surface area contributed by atoms with Crippen molar-refractivity contribution in [3.05, 3.63) is 36.4 Å².